The van der Waals surface area contributed by atoms with Crippen molar-refractivity contribution >= 4 is 17.7 Å². The molecule has 29 heavy (non-hydrogen) atoms. The predicted octanol–water partition coefficient (Wildman–Crippen LogP) is 1.11. The number of nitrogens with two attached hydrogens (primary N) is 1. The summed E-state index contributed by atoms with van der Waals surface area (Å²) >= 11 is 0. The van der Waals surface area contributed by atoms with E-state index in [0.717, 1.165) is 19.3 Å². The smallest absolute Gasteiger partial charge is 0.234 e. The van der Waals surface area contributed by atoms with Crippen molar-refractivity contribution in [3.63, 3.8) is 0 Å². The number of nitrogens with one attached hydrogen (secondary N) is 3. The van der Waals surface area contributed by atoms with Crippen LogP contribution >= 0.6 is 0 Å². The molecule has 0 bridgehead atoms. The Balaban J connectivity index is 3.65. The van der Waals surface area contributed by atoms with E-state index in [1.807, 2.05) is 19.9 Å². The van der Waals surface area contributed by atoms with E-state index in [4.69, 9.17) is 10.5 Å². The van der Waals surface area contributed by atoms with Gasteiger partial charge in [-0.05, 0) is 45.1 Å². The third kappa shape index (κ3) is 14.7. The fraction of sp³-hybridized carbons (Fsp3) is 0.762. The molecule has 0 saturated carbocycles. The molecule has 3 amide bonds. The first-order chi connectivity index (χ1) is 13.8. The SMILES string of the molecule is C=CC(C)CCC(=O)NCCOCCC(C)C(=O)NCCCCC(NC)C(N)=O. The highest BCUT2D eigenvalue weighted by molar-refractivity contribution is 5.79. The lowest BCUT2D eigenvalue weighted by atomic mass is 10.1. The average molecular weight is 413 g/mol. The Morgan fingerprint density at radius 1 is 1.03 bits per heavy atom. The number of primary amides is 1. The van der Waals surface area contributed by atoms with Crippen molar-refractivity contribution in [2.45, 2.75) is 58.4 Å². The third-order valence-electron chi connectivity index (χ3n) is 4.85. The molecule has 0 radical (unpaired) electrons. The standard InChI is InChI=1S/C21H40N4O4/c1-5-16(2)9-10-19(26)24-13-15-29-14-11-17(3)21(28)25-12-7-6-8-18(23-4)20(22)27/h5,16-18,23H,1,6-15H2,2-4H3,(H2,22,27)(H,24,26)(H,25,28). The molecule has 5 N–H and O–H groups in total. The van der Waals surface area contributed by atoms with E-state index in [2.05, 4.69) is 22.5 Å². The van der Waals surface area contributed by atoms with Gasteiger partial charge in [-0.2, -0.15) is 0 Å². The Morgan fingerprint density at radius 2 is 1.76 bits per heavy atom. The highest BCUT2D eigenvalue weighted by Crippen LogP contribution is 2.05. The maximum Gasteiger partial charge on any atom is 0.234 e. The van der Waals surface area contributed by atoms with Gasteiger partial charge in [0, 0.05) is 32.0 Å². The Hall–Kier alpha value is -1.93. The summed E-state index contributed by atoms with van der Waals surface area (Å²) in [6, 6.07) is -0.317. The van der Waals surface area contributed by atoms with Crippen molar-refractivity contribution in [3.8, 4) is 0 Å². The number of carbonyl (C=O) groups excluding carboxylic acids is 3. The molecule has 0 aliphatic heterocycles. The second kappa shape index (κ2) is 17.0. The minimum Gasteiger partial charge on any atom is -0.380 e. The molecule has 0 saturated heterocycles. The molecule has 0 fully saturated rings. The van der Waals surface area contributed by atoms with Gasteiger partial charge in [-0.3, -0.25) is 14.4 Å². The Bertz CT molecular complexity index is 499. The number of hydrogen-bond donors (Lipinski definition) is 4. The molecule has 0 aromatic carbocycles. The lowest BCUT2D eigenvalue weighted by molar-refractivity contribution is -0.125. The zero-order valence-corrected chi connectivity index (χ0v) is 18.3. The van der Waals surface area contributed by atoms with Crippen molar-refractivity contribution < 1.29 is 19.1 Å². The zero-order valence-electron chi connectivity index (χ0n) is 18.3. The van der Waals surface area contributed by atoms with Gasteiger partial charge in [-0.15, -0.1) is 6.58 Å². The number of unbranched alkanes of at least 4 members (excludes halogenated alkanes) is 1. The minimum atomic E-state index is -0.355. The maximum atomic E-state index is 12.0. The van der Waals surface area contributed by atoms with E-state index in [0.29, 0.717) is 51.5 Å². The number of likely N-dealkylation sites (N-methyl/N-ethyl adjacent to an activating group) is 1. The molecule has 3 atom stereocenters. The van der Waals surface area contributed by atoms with E-state index in [1.54, 1.807) is 7.05 Å². The van der Waals surface area contributed by atoms with Crippen LogP contribution in [-0.4, -0.2) is 57.1 Å². The monoisotopic (exact) mass is 412 g/mol. The van der Waals surface area contributed by atoms with Crippen LogP contribution in [0.5, 0.6) is 0 Å². The predicted molar refractivity (Wildman–Crippen MR) is 115 cm³/mol. The van der Waals surface area contributed by atoms with Gasteiger partial charge >= 0.3 is 0 Å². The topological polar surface area (TPSA) is 123 Å². The minimum absolute atomic E-state index is 0.00157. The van der Waals surface area contributed by atoms with Crippen LogP contribution in [0.15, 0.2) is 12.7 Å². The highest BCUT2D eigenvalue weighted by atomic mass is 16.5. The van der Waals surface area contributed by atoms with Gasteiger partial charge in [-0.1, -0.05) is 19.9 Å². The number of amides is 3. The van der Waals surface area contributed by atoms with Crippen molar-refractivity contribution in [1.29, 1.82) is 0 Å². The van der Waals surface area contributed by atoms with Gasteiger partial charge in [0.1, 0.15) is 0 Å². The zero-order chi connectivity index (χ0) is 22.1. The molecule has 0 aliphatic carbocycles. The summed E-state index contributed by atoms with van der Waals surface area (Å²) in [5.41, 5.74) is 5.26. The van der Waals surface area contributed by atoms with E-state index in [1.165, 1.54) is 0 Å². The van der Waals surface area contributed by atoms with Crippen LogP contribution in [0, 0.1) is 11.8 Å². The van der Waals surface area contributed by atoms with E-state index in [9.17, 15) is 14.4 Å². The van der Waals surface area contributed by atoms with Crippen LogP contribution in [-0.2, 0) is 19.1 Å². The van der Waals surface area contributed by atoms with Crippen LogP contribution in [0.2, 0.25) is 0 Å². The van der Waals surface area contributed by atoms with Crippen LogP contribution < -0.4 is 21.7 Å². The molecule has 0 aromatic heterocycles. The number of rotatable bonds is 18. The summed E-state index contributed by atoms with van der Waals surface area (Å²) in [7, 11) is 1.71. The summed E-state index contributed by atoms with van der Waals surface area (Å²) in [6.45, 7) is 9.56. The molecule has 0 rings (SSSR count). The Kier molecular flexibility index (Phi) is 15.8. The molecule has 8 heteroatoms. The van der Waals surface area contributed by atoms with Gasteiger partial charge in [-0.25, -0.2) is 0 Å². The highest BCUT2D eigenvalue weighted by Gasteiger charge is 2.13. The molecule has 0 aromatic rings. The molecule has 8 nitrogen and oxygen atoms in total. The molecule has 3 unspecified atom stereocenters. The van der Waals surface area contributed by atoms with Crippen LogP contribution in [0.25, 0.3) is 0 Å². The van der Waals surface area contributed by atoms with Gasteiger partial charge in [0.25, 0.3) is 0 Å². The van der Waals surface area contributed by atoms with Gasteiger partial charge in [0.05, 0.1) is 12.6 Å². The summed E-state index contributed by atoms with van der Waals surface area (Å²) < 4.78 is 5.49. The molecule has 0 spiro atoms. The van der Waals surface area contributed by atoms with Crippen LogP contribution in [0.1, 0.15) is 52.4 Å². The van der Waals surface area contributed by atoms with Crippen molar-refractivity contribution in [2.75, 3.05) is 33.4 Å². The first-order valence-corrected chi connectivity index (χ1v) is 10.5. The van der Waals surface area contributed by atoms with Crippen LogP contribution in [0.4, 0.5) is 0 Å². The third-order valence-corrected chi connectivity index (χ3v) is 4.85. The maximum absolute atomic E-state index is 12.0. The molecular formula is C21H40N4O4. The molecule has 168 valence electrons. The summed E-state index contributed by atoms with van der Waals surface area (Å²) in [4.78, 5) is 34.8. The lowest BCUT2D eigenvalue weighted by Gasteiger charge is -2.14. The largest absolute Gasteiger partial charge is 0.380 e. The summed E-state index contributed by atoms with van der Waals surface area (Å²) in [5.74, 6) is -0.136. The summed E-state index contributed by atoms with van der Waals surface area (Å²) in [6.07, 6.45) is 6.02. The van der Waals surface area contributed by atoms with E-state index in [-0.39, 0.29) is 29.7 Å². The van der Waals surface area contributed by atoms with E-state index < -0.39 is 0 Å². The van der Waals surface area contributed by atoms with Gasteiger partial charge in [0.15, 0.2) is 0 Å². The quantitative estimate of drug-likeness (QED) is 0.198. The molecular weight excluding hydrogens is 372 g/mol. The molecule has 0 heterocycles. The number of carbonyl (C=O) groups is 3. The number of hydrogen-bond acceptors (Lipinski definition) is 5. The van der Waals surface area contributed by atoms with Crippen molar-refractivity contribution in [2.24, 2.45) is 17.6 Å². The fourth-order valence-corrected chi connectivity index (χ4v) is 2.61. The first-order valence-electron chi connectivity index (χ1n) is 10.5. The second-order valence-corrected chi connectivity index (χ2v) is 7.43. The van der Waals surface area contributed by atoms with E-state index >= 15 is 0 Å². The van der Waals surface area contributed by atoms with Gasteiger partial charge < -0.3 is 26.4 Å². The summed E-state index contributed by atoms with van der Waals surface area (Å²) in [5, 5.41) is 8.60. The van der Waals surface area contributed by atoms with Gasteiger partial charge in [0.2, 0.25) is 17.7 Å². The first kappa shape index (κ1) is 27.1. The average Bonchev–Trinajstić information content (AvgIpc) is 2.70. The number of ether oxygens (including phenoxy) is 1. The molecule has 0 aliphatic rings. The second-order valence-electron chi connectivity index (χ2n) is 7.43. The Morgan fingerprint density at radius 3 is 2.38 bits per heavy atom. The fourth-order valence-electron chi connectivity index (χ4n) is 2.61. The van der Waals surface area contributed by atoms with Crippen LogP contribution in [0.3, 0.4) is 0 Å². The lowest BCUT2D eigenvalue weighted by Crippen LogP contribution is -2.39. The van der Waals surface area contributed by atoms with Crippen molar-refractivity contribution in [3.05, 3.63) is 12.7 Å². The Labute approximate surface area is 175 Å². The normalized spacial score (nSPS) is 13.9. The number of allylic oxidation sites excluding steroid dienone is 1. The van der Waals surface area contributed by atoms with Crippen molar-refractivity contribution in [1.82, 2.24) is 16.0 Å².